The Morgan fingerprint density at radius 2 is 1.55 bits per heavy atom. The van der Waals surface area contributed by atoms with E-state index in [9.17, 15) is 14.7 Å². The number of nitrogens with zero attached hydrogens (tertiary/aromatic N) is 1. The summed E-state index contributed by atoms with van der Waals surface area (Å²) in [6.45, 7) is 32.2. The molecule has 6 nitrogen and oxygen atoms in total. The van der Waals surface area contributed by atoms with E-state index in [2.05, 4.69) is 58.3 Å². The van der Waals surface area contributed by atoms with Gasteiger partial charge in [0.25, 0.3) is 0 Å². The van der Waals surface area contributed by atoms with E-state index < -0.39 is 11.4 Å². The lowest BCUT2D eigenvalue weighted by Crippen LogP contribution is -2.66. The summed E-state index contributed by atoms with van der Waals surface area (Å²) in [4.78, 5) is 27.2. The maximum atomic E-state index is 13.2. The summed E-state index contributed by atoms with van der Waals surface area (Å²) in [6, 6.07) is 0. The summed E-state index contributed by atoms with van der Waals surface area (Å²) < 4.78 is 6.30. The van der Waals surface area contributed by atoms with E-state index in [4.69, 9.17) is 4.74 Å². The van der Waals surface area contributed by atoms with Crippen molar-refractivity contribution in [3.63, 3.8) is 0 Å². The highest BCUT2D eigenvalue weighted by molar-refractivity contribution is 5.73. The molecule has 0 aromatic heterocycles. The van der Waals surface area contributed by atoms with Crippen molar-refractivity contribution in [2.45, 2.75) is 172 Å². The predicted octanol–water partition coefficient (Wildman–Crippen LogP) is 10.5. The molecule has 1 heterocycles. The zero-order chi connectivity index (χ0) is 37.6. The minimum absolute atomic E-state index is 0.0262. The number of nitrogens with one attached hydrogen (secondary N) is 1. The van der Waals surface area contributed by atoms with E-state index in [1.165, 1.54) is 89.3 Å². The molecule has 0 bridgehead atoms. The number of carboxylic acids is 1. The van der Waals surface area contributed by atoms with E-state index in [1.54, 1.807) is 0 Å². The molecule has 51 heavy (non-hydrogen) atoms. The third-order valence-corrected chi connectivity index (χ3v) is 17.0. The number of ether oxygens (including phenoxy) is 1. The largest absolute Gasteiger partial charge is 0.481 e. The van der Waals surface area contributed by atoms with Crippen LogP contribution >= 0.6 is 0 Å². The van der Waals surface area contributed by atoms with E-state index in [1.807, 2.05) is 27.7 Å². The Morgan fingerprint density at radius 1 is 0.863 bits per heavy atom. The summed E-state index contributed by atoms with van der Waals surface area (Å²) in [5.74, 6) is 2.29. The first-order chi connectivity index (χ1) is 23.9. The number of rotatable bonds is 11. The Morgan fingerprint density at radius 3 is 2.20 bits per heavy atom. The first-order valence-electron chi connectivity index (χ1n) is 21.4. The van der Waals surface area contributed by atoms with E-state index in [-0.39, 0.29) is 35.7 Å². The fraction of sp³-hybridized carbons (Fsp3) is 0.911. The molecule has 0 aromatic rings. The van der Waals surface area contributed by atoms with Gasteiger partial charge >= 0.3 is 11.9 Å². The van der Waals surface area contributed by atoms with Gasteiger partial charge in [0.15, 0.2) is 0 Å². The molecule has 6 heteroatoms. The van der Waals surface area contributed by atoms with Crippen LogP contribution in [0.1, 0.15) is 166 Å². The molecule has 1 aliphatic heterocycles. The third kappa shape index (κ3) is 7.26. The smallest absolute Gasteiger partial charge is 0.306 e. The van der Waals surface area contributed by atoms with Gasteiger partial charge in [-0.15, -0.1) is 0 Å². The summed E-state index contributed by atoms with van der Waals surface area (Å²) in [6.07, 6.45) is 16.7. The minimum Gasteiger partial charge on any atom is -0.481 e. The molecule has 0 aromatic carbocycles. The van der Waals surface area contributed by atoms with Crippen molar-refractivity contribution in [3.8, 4) is 0 Å². The molecule has 6 fully saturated rings. The van der Waals surface area contributed by atoms with Crippen molar-refractivity contribution in [1.29, 1.82) is 0 Å². The van der Waals surface area contributed by atoms with Crippen LogP contribution in [0, 0.1) is 62.1 Å². The normalized spacial score (nSPS) is 41.6. The number of allylic oxidation sites excluding steroid dienone is 1. The van der Waals surface area contributed by atoms with E-state index >= 15 is 0 Å². The maximum Gasteiger partial charge on any atom is 0.306 e. The van der Waals surface area contributed by atoms with Gasteiger partial charge < -0.3 is 15.2 Å². The number of carboxylic acid groups (broad SMARTS) is 1. The van der Waals surface area contributed by atoms with Crippen LogP contribution < -0.4 is 5.32 Å². The Hall–Kier alpha value is -1.40. The van der Waals surface area contributed by atoms with Crippen molar-refractivity contribution in [2.24, 2.45) is 62.1 Å². The van der Waals surface area contributed by atoms with Crippen LogP contribution in [0.15, 0.2) is 12.2 Å². The van der Waals surface area contributed by atoms with E-state index in [0.717, 1.165) is 37.9 Å². The number of carbonyl (C=O) groups excluding carboxylic acids is 1. The monoisotopic (exact) mass is 711 g/mol. The van der Waals surface area contributed by atoms with Crippen LogP contribution in [0.4, 0.5) is 0 Å². The van der Waals surface area contributed by atoms with Crippen molar-refractivity contribution < 1.29 is 19.4 Å². The van der Waals surface area contributed by atoms with Crippen molar-refractivity contribution >= 4 is 11.9 Å². The van der Waals surface area contributed by atoms with Crippen molar-refractivity contribution in [2.75, 3.05) is 26.3 Å². The van der Waals surface area contributed by atoms with Crippen molar-refractivity contribution in [3.05, 3.63) is 12.2 Å². The summed E-state index contributed by atoms with van der Waals surface area (Å²) in [5.41, 5.74) is 2.05. The molecule has 0 spiro atoms. The molecule has 0 radical (unpaired) electrons. The number of fused-ring (bicyclic) bond motifs is 7. The highest BCUT2D eigenvalue weighted by atomic mass is 16.5. The molecule has 5 saturated carbocycles. The first kappa shape index (κ1) is 40.8. The zero-order valence-corrected chi connectivity index (χ0v) is 34.7. The first-order valence-corrected chi connectivity index (χ1v) is 21.4. The van der Waals surface area contributed by atoms with Gasteiger partial charge in [-0.3, -0.25) is 14.5 Å². The second kappa shape index (κ2) is 15.0. The standard InChI is InChI=1S/C43H72N2O4.C2H6/c1-29(2)30-14-19-43(22-23-44-28-45-24-10-11-25-45)21-20-41(8)31(37(30)43)12-13-33-40(7)17-16-34(39(5,6)32(40)15-18-42(33,41)9)49-36(48)27-38(3,4)26-35(46)47;1-2/h30-34,37,44H,1,10-28H2,2-9H3,(H,46,47);1-2H3/t30-,31+,32?,33?,34?,37?,40-,41+,42+,43+;/m0./s1. The number of aliphatic carboxylic acids is 1. The van der Waals surface area contributed by atoms with Crippen molar-refractivity contribution in [1.82, 2.24) is 10.2 Å². The second-order valence-electron chi connectivity index (χ2n) is 20.5. The fourth-order valence-corrected chi connectivity index (χ4v) is 14.5. The maximum absolute atomic E-state index is 13.2. The molecule has 6 rings (SSSR count). The Balaban J connectivity index is 0.00000248. The molecule has 0 amide bonds. The van der Waals surface area contributed by atoms with Gasteiger partial charge in [-0.2, -0.15) is 0 Å². The van der Waals surface area contributed by atoms with Crippen LogP contribution in [-0.4, -0.2) is 54.4 Å². The number of hydrogen-bond donors (Lipinski definition) is 2. The average molecular weight is 711 g/mol. The molecule has 1 saturated heterocycles. The number of esters is 1. The lowest BCUT2D eigenvalue weighted by atomic mass is 9.32. The topological polar surface area (TPSA) is 78.9 Å². The summed E-state index contributed by atoms with van der Waals surface area (Å²) in [5, 5.41) is 13.2. The van der Waals surface area contributed by atoms with Gasteiger partial charge in [0.05, 0.1) is 12.8 Å². The van der Waals surface area contributed by atoms with Crippen LogP contribution in [0.3, 0.4) is 0 Å². The van der Waals surface area contributed by atoms with Gasteiger partial charge in [0, 0.05) is 12.1 Å². The fourth-order valence-electron chi connectivity index (χ4n) is 14.5. The summed E-state index contributed by atoms with van der Waals surface area (Å²) >= 11 is 0. The Bertz CT molecular complexity index is 1270. The minimum atomic E-state index is -0.864. The van der Waals surface area contributed by atoms with Gasteiger partial charge in [-0.1, -0.05) is 74.5 Å². The van der Waals surface area contributed by atoms with Gasteiger partial charge in [0.1, 0.15) is 6.10 Å². The molecule has 2 N–H and O–H groups in total. The molecule has 10 atom stereocenters. The van der Waals surface area contributed by atoms with Gasteiger partial charge in [0.2, 0.25) is 0 Å². The molecule has 4 unspecified atom stereocenters. The van der Waals surface area contributed by atoms with Crippen LogP contribution in [-0.2, 0) is 14.3 Å². The van der Waals surface area contributed by atoms with Gasteiger partial charge in [-0.25, -0.2) is 0 Å². The van der Waals surface area contributed by atoms with Crippen LogP contribution in [0.5, 0.6) is 0 Å². The average Bonchev–Trinajstić information content (AvgIpc) is 3.70. The highest BCUT2D eigenvalue weighted by Gasteiger charge is 2.71. The second-order valence-corrected chi connectivity index (χ2v) is 20.5. The quantitative estimate of drug-likeness (QED) is 0.126. The molecular formula is C45H78N2O4. The highest BCUT2D eigenvalue weighted by Crippen LogP contribution is 2.78. The van der Waals surface area contributed by atoms with Crippen LogP contribution in [0.25, 0.3) is 0 Å². The Kier molecular flexibility index (Phi) is 12.0. The number of likely N-dealkylation sites (tertiary alicyclic amines) is 1. The zero-order valence-electron chi connectivity index (χ0n) is 34.7. The van der Waals surface area contributed by atoms with Gasteiger partial charge in [-0.05, 0) is 167 Å². The summed E-state index contributed by atoms with van der Waals surface area (Å²) in [7, 11) is 0. The number of carbonyl (C=O) groups is 2. The Labute approximate surface area is 313 Å². The number of hydrogen-bond acceptors (Lipinski definition) is 5. The third-order valence-electron chi connectivity index (χ3n) is 17.0. The lowest BCUT2D eigenvalue weighted by molar-refractivity contribution is -0.250. The molecular weight excluding hydrogens is 633 g/mol. The predicted molar refractivity (Wildman–Crippen MR) is 209 cm³/mol. The SMILES string of the molecule is C=C(C)[C@@H]1CC[C@]2(CCNCN3CCCC3)CC[C@]3(C)[C@H](CCC4[C@@]5(C)CCC(OC(=O)CC(C)(C)CC(=O)O)C(C)(C)C5CC[C@]43C)C12.CC. The molecule has 5 aliphatic carbocycles. The molecule has 292 valence electrons. The van der Waals surface area contributed by atoms with Crippen LogP contribution in [0.2, 0.25) is 0 Å². The lowest BCUT2D eigenvalue weighted by Gasteiger charge is -2.73. The molecule has 6 aliphatic rings. The van der Waals surface area contributed by atoms with E-state index in [0.29, 0.717) is 34.0 Å².